The Morgan fingerprint density at radius 2 is 1.12 bits per heavy atom. The summed E-state index contributed by atoms with van der Waals surface area (Å²) < 4.78 is 0. The summed E-state index contributed by atoms with van der Waals surface area (Å²) in [4.78, 5) is 10.7. The zero-order valence-electron chi connectivity index (χ0n) is 23.1. The van der Waals surface area contributed by atoms with E-state index in [9.17, 15) is 4.79 Å². The fourth-order valence-electron chi connectivity index (χ4n) is 5.90. The first-order valence-electron chi connectivity index (χ1n) is 12.9. The second kappa shape index (κ2) is 12.9. The minimum atomic E-state index is 0.129. The highest BCUT2D eigenvalue weighted by Crippen LogP contribution is 2.41. The van der Waals surface area contributed by atoms with Gasteiger partial charge in [0, 0.05) is 5.33 Å². The van der Waals surface area contributed by atoms with E-state index in [0.29, 0.717) is 5.41 Å². The molecule has 0 heterocycles. The second-order valence-electron chi connectivity index (χ2n) is 12.3. The van der Waals surface area contributed by atoms with Gasteiger partial charge in [0.1, 0.15) is 6.29 Å². The number of aldehydes is 1. The highest BCUT2D eigenvalue weighted by molar-refractivity contribution is 9.09. The summed E-state index contributed by atoms with van der Waals surface area (Å²) in [6.07, 6.45) is 12.2. The highest BCUT2D eigenvalue weighted by atomic mass is 79.9. The quantitative estimate of drug-likeness (QED) is 0.228. The summed E-state index contributed by atoms with van der Waals surface area (Å²) in [7, 11) is 0. The monoisotopic (exact) mass is 522 g/mol. The minimum Gasteiger partial charge on any atom is -0.392 e. The van der Waals surface area contributed by atoms with Crippen molar-refractivity contribution in [3.63, 3.8) is 0 Å². The summed E-state index contributed by atoms with van der Waals surface area (Å²) in [5.41, 5.74) is 9.06. The van der Waals surface area contributed by atoms with Gasteiger partial charge >= 0.3 is 0 Å². The molecule has 0 amide bonds. The van der Waals surface area contributed by atoms with Gasteiger partial charge in [0.2, 0.25) is 0 Å². The maximum absolute atomic E-state index is 10.7. The molecule has 0 spiro atoms. The molecule has 1 N–H and O–H groups in total. The summed E-state index contributed by atoms with van der Waals surface area (Å²) in [5.74, 6) is 0. The van der Waals surface area contributed by atoms with E-state index < -0.39 is 0 Å². The van der Waals surface area contributed by atoms with Gasteiger partial charge in [0.15, 0.2) is 0 Å². The van der Waals surface area contributed by atoms with Crippen molar-refractivity contribution in [2.24, 2.45) is 16.2 Å². The van der Waals surface area contributed by atoms with Crippen molar-refractivity contribution < 1.29 is 9.90 Å². The average Bonchev–Trinajstić information content (AvgIpc) is 2.68. The van der Waals surface area contributed by atoms with Gasteiger partial charge in [-0.15, -0.1) is 0 Å². The number of alkyl halides is 1. The first-order chi connectivity index (χ1) is 15.2. The Balaban J connectivity index is 0.000000247. The number of hydrogen-bond acceptors (Lipinski definition) is 2. The highest BCUT2D eigenvalue weighted by Gasteiger charge is 2.29. The van der Waals surface area contributed by atoms with Crippen LogP contribution in [0.15, 0.2) is 33.4 Å². The maximum atomic E-state index is 10.7. The van der Waals surface area contributed by atoms with E-state index in [4.69, 9.17) is 5.11 Å². The standard InChI is InChI=1S/C10H17Br.C10H18O.C10H16O/c3*1-8-5-4-6-10(2,3)9(8)7-11/h4-7H2,1-3H3;11H,4-7H2,1-3H3;7H,4-6H2,1-3H3. The molecule has 3 rings (SSSR count). The molecular weight excluding hydrogens is 472 g/mol. The molecule has 0 aromatic rings. The number of aliphatic hydroxyl groups excluding tert-OH is 1. The number of rotatable bonds is 3. The predicted molar refractivity (Wildman–Crippen MR) is 148 cm³/mol. The maximum Gasteiger partial charge on any atom is 0.146 e. The third-order valence-electron chi connectivity index (χ3n) is 8.32. The van der Waals surface area contributed by atoms with Gasteiger partial charge in [-0.3, -0.25) is 4.79 Å². The van der Waals surface area contributed by atoms with Gasteiger partial charge in [0.25, 0.3) is 0 Å². The van der Waals surface area contributed by atoms with Crippen molar-refractivity contribution in [3.05, 3.63) is 33.4 Å². The number of carbonyl (C=O) groups is 1. The Labute approximate surface area is 213 Å². The van der Waals surface area contributed by atoms with Crippen LogP contribution in [0.4, 0.5) is 0 Å². The topological polar surface area (TPSA) is 37.3 Å². The molecule has 0 saturated heterocycles. The van der Waals surface area contributed by atoms with Crippen LogP contribution < -0.4 is 0 Å². The molecule has 0 atom stereocenters. The Morgan fingerprint density at radius 3 is 1.36 bits per heavy atom. The van der Waals surface area contributed by atoms with E-state index in [-0.39, 0.29) is 17.4 Å². The molecule has 2 nitrogen and oxygen atoms in total. The van der Waals surface area contributed by atoms with E-state index in [2.05, 4.69) is 78.2 Å². The molecule has 0 fully saturated rings. The van der Waals surface area contributed by atoms with Gasteiger partial charge in [0.05, 0.1) is 6.61 Å². The molecular formula is C30H51BrO2. The van der Waals surface area contributed by atoms with E-state index in [1.807, 2.05) is 0 Å². The lowest BCUT2D eigenvalue weighted by Gasteiger charge is -2.33. The van der Waals surface area contributed by atoms with E-state index in [0.717, 1.165) is 30.0 Å². The summed E-state index contributed by atoms with van der Waals surface area (Å²) >= 11 is 3.57. The molecule has 33 heavy (non-hydrogen) atoms. The van der Waals surface area contributed by atoms with Crippen molar-refractivity contribution in [2.45, 2.75) is 120 Å². The zero-order chi connectivity index (χ0) is 25.4. The van der Waals surface area contributed by atoms with Crippen LogP contribution in [0.3, 0.4) is 0 Å². The first kappa shape index (κ1) is 30.4. The molecule has 0 aromatic carbocycles. The fourth-order valence-corrected chi connectivity index (χ4v) is 7.13. The van der Waals surface area contributed by atoms with Crippen molar-refractivity contribution in [1.82, 2.24) is 0 Å². The fraction of sp³-hybridized carbons (Fsp3) is 0.767. The summed E-state index contributed by atoms with van der Waals surface area (Å²) in [6.45, 7) is 20.2. The molecule has 3 aliphatic rings. The van der Waals surface area contributed by atoms with Crippen LogP contribution in [-0.4, -0.2) is 23.3 Å². The number of hydrogen-bond donors (Lipinski definition) is 1. The Bertz CT molecular complexity index is 720. The molecule has 3 heteroatoms. The van der Waals surface area contributed by atoms with Gasteiger partial charge < -0.3 is 5.11 Å². The summed E-state index contributed by atoms with van der Waals surface area (Å²) in [6, 6.07) is 0. The number of halogens is 1. The van der Waals surface area contributed by atoms with Crippen molar-refractivity contribution in [1.29, 1.82) is 0 Å². The molecule has 0 unspecified atom stereocenters. The Kier molecular flexibility index (Phi) is 11.8. The largest absolute Gasteiger partial charge is 0.392 e. The van der Waals surface area contributed by atoms with Gasteiger partial charge in [-0.25, -0.2) is 0 Å². The van der Waals surface area contributed by atoms with E-state index >= 15 is 0 Å². The number of allylic oxidation sites excluding steroid dienone is 5. The van der Waals surface area contributed by atoms with Crippen LogP contribution in [0.5, 0.6) is 0 Å². The lowest BCUT2D eigenvalue weighted by atomic mass is 9.73. The zero-order valence-corrected chi connectivity index (χ0v) is 24.7. The van der Waals surface area contributed by atoms with Crippen LogP contribution in [0.2, 0.25) is 0 Å². The molecule has 190 valence electrons. The lowest BCUT2D eigenvalue weighted by molar-refractivity contribution is -0.106. The SMILES string of the molecule is CC1=C(C=O)C(C)(C)CCC1.CC1=C(CBr)C(C)(C)CCC1.CC1=C(CO)C(C)(C)CCC1. The van der Waals surface area contributed by atoms with E-state index in [1.165, 1.54) is 61.7 Å². The second-order valence-corrected chi connectivity index (χ2v) is 12.9. The molecule has 3 aliphatic carbocycles. The van der Waals surface area contributed by atoms with Crippen molar-refractivity contribution in [3.8, 4) is 0 Å². The minimum absolute atomic E-state index is 0.129. The smallest absolute Gasteiger partial charge is 0.146 e. The van der Waals surface area contributed by atoms with Gasteiger partial charge in [-0.05, 0) is 106 Å². The summed E-state index contributed by atoms with van der Waals surface area (Å²) in [5, 5.41) is 10.2. The Morgan fingerprint density at radius 1 is 0.727 bits per heavy atom. The molecule has 0 aromatic heterocycles. The van der Waals surface area contributed by atoms with Crippen LogP contribution >= 0.6 is 15.9 Å². The van der Waals surface area contributed by atoms with E-state index in [1.54, 1.807) is 11.1 Å². The molecule has 0 radical (unpaired) electrons. The molecule has 0 saturated carbocycles. The normalized spacial score (nSPS) is 23.8. The predicted octanol–water partition coefficient (Wildman–Crippen LogP) is 9.13. The van der Waals surface area contributed by atoms with Crippen molar-refractivity contribution >= 4 is 22.2 Å². The Hall–Kier alpha value is -0.670. The van der Waals surface area contributed by atoms with Crippen LogP contribution in [0, 0.1) is 16.2 Å². The number of carbonyl (C=O) groups excluding carboxylic acids is 1. The number of aliphatic hydroxyl groups is 1. The molecule has 0 bridgehead atoms. The lowest BCUT2D eigenvalue weighted by Crippen LogP contribution is -2.22. The van der Waals surface area contributed by atoms with Crippen LogP contribution in [0.25, 0.3) is 0 Å². The first-order valence-corrected chi connectivity index (χ1v) is 14.1. The van der Waals surface area contributed by atoms with Crippen LogP contribution in [-0.2, 0) is 4.79 Å². The van der Waals surface area contributed by atoms with Gasteiger partial charge in [-0.1, -0.05) is 79.8 Å². The van der Waals surface area contributed by atoms with Crippen molar-refractivity contribution in [2.75, 3.05) is 11.9 Å². The third-order valence-corrected chi connectivity index (χ3v) is 8.88. The average molecular weight is 524 g/mol. The van der Waals surface area contributed by atoms with Crippen LogP contribution in [0.1, 0.15) is 120 Å². The third kappa shape index (κ3) is 8.49. The van der Waals surface area contributed by atoms with Gasteiger partial charge in [-0.2, -0.15) is 0 Å². The molecule has 0 aliphatic heterocycles.